The number of anilines is 2. The molecular weight excluding hydrogens is 328 g/mol. The van der Waals surface area contributed by atoms with Gasteiger partial charge in [-0.05, 0) is 45.0 Å². The van der Waals surface area contributed by atoms with Crippen molar-refractivity contribution in [1.29, 1.82) is 0 Å². The molecule has 0 aliphatic rings. The van der Waals surface area contributed by atoms with Crippen molar-refractivity contribution in [1.82, 2.24) is 0 Å². The third-order valence-corrected chi connectivity index (χ3v) is 4.15. The predicted molar refractivity (Wildman–Crippen MR) is 94.1 cm³/mol. The van der Waals surface area contributed by atoms with Crippen LogP contribution in [0.5, 0.6) is 0 Å². The molecule has 2 rings (SSSR count). The molecule has 0 saturated carbocycles. The zero-order valence-electron chi connectivity index (χ0n) is 13.8. The second-order valence-corrected chi connectivity index (χ2v) is 7.57. The van der Waals surface area contributed by atoms with E-state index in [1.165, 1.54) is 12.1 Å². The van der Waals surface area contributed by atoms with Gasteiger partial charge >= 0.3 is 16.3 Å². The van der Waals surface area contributed by atoms with Crippen molar-refractivity contribution in [3.8, 4) is 0 Å². The number of carbonyl (C=O) groups excluding carboxylic acids is 1. The summed E-state index contributed by atoms with van der Waals surface area (Å²) in [5.74, 6) is 0. The molecule has 128 valence electrons. The van der Waals surface area contributed by atoms with Crippen molar-refractivity contribution >= 4 is 27.7 Å². The highest BCUT2D eigenvalue weighted by Gasteiger charge is 2.33. The molecule has 0 radical (unpaired) electrons. The van der Waals surface area contributed by atoms with Gasteiger partial charge in [0, 0.05) is 0 Å². The minimum atomic E-state index is -4.19. The molecule has 7 heteroatoms. The lowest BCUT2D eigenvalue weighted by atomic mass is 10.2. The van der Waals surface area contributed by atoms with Crippen molar-refractivity contribution in [2.24, 2.45) is 0 Å². The Bertz CT molecular complexity index is 784. The minimum absolute atomic E-state index is 0.190. The van der Waals surface area contributed by atoms with Crippen LogP contribution < -0.4 is 9.03 Å². The Morgan fingerprint density at radius 3 is 1.96 bits per heavy atom. The number of amides is 1. The Morgan fingerprint density at radius 1 is 0.958 bits per heavy atom. The van der Waals surface area contributed by atoms with E-state index in [9.17, 15) is 13.2 Å². The number of ether oxygens (including phenoxy) is 1. The third-order valence-electron chi connectivity index (χ3n) is 2.81. The Hall–Kier alpha value is -2.54. The lowest BCUT2D eigenvalue weighted by Crippen LogP contribution is -2.43. The number of hydrogen-bond donors (Lipinski definition) is 1. The quantitative estimate of drug-likeness (QED) is 0.912. The summed E-state index contributed by atoms with van der Waals surface area (Å²) < 4.78 is 33.7. The SMILES string of the molecule is CC(C)(C)OC(=O)N(c1ccccc1)S(=O)(=O)Nc1ccccc1. The maximum Gasteiger partial charge on any atom is 0.430 e. The number of rotatable bonds is 4. The van der Waals surface area contributed by atoms with E-state index in [0.29, 0.717) is 9.99 Å². The Labute approximate surface area is 142 Å². The summed E-state index contributed by atoms with van der Waals surface area (Å²) >= 11 is 0. The van der Waals surface area contributed by atoms with Crippen molar-refractivity contribution in [3.05, 3.63) is 60.7 Å². The summed E-state index contributed by atoms with van der Waals surface area (Å²) in [4.78, 5) is 12.5. The van der Waals surface area contributed by atoms with Crippen LogP contribution in [0.2, 0.25) is 0 Å². The molecule has 1 amide bonds. The highest BCUT2D eigenvalue weighted by Crippen LogP contribution is 2.23. The second-order valence-electron chi connectivity index (χ2n) is 6.05. The van der Waals surface area contributed by atoms with E-state index in [2.05, 4.69) is 4.72 Å². The van der Waals surface area contributed by atoms with Crippen molar-refractivity contribution in [3.63, 3.8) is 0 Å². The molecular formula is C17H20N2O4S. The standard InChI is InChI=1S/C17H20N2O4S/c1-17(2,3)23-16(20)19(15-12-8-5-9-13-15)24(21,22)18-14-10-6-4-7-11-14/h4-13,18H,1-3H3. The highest BCUT2D eigenvalue weighted by molar-refractivity contribution is 7.94. The molecule has 0 aliphatic carbocycles. The number of para-hydroxylation sites is 2. The Morgan fingerprint density at radius 2 is 1.46 bits per heavy atom. The first-order valence-corrected chi connectivity index (χ1v) is 8.79. The average Bonchev–Trinajstić information content (AvgIpc) is 2.46. The summed E-state index contributed by atoms with van der Waals surface area (Å²) in [6.07, 6.45) is -0.975. The van der Waals surface area contributed by atoms with Crippen LogP contribution >= 0.6 is 0 Å². The molecule has 0 fully saturated rings. The molecule has 0 saturated heterocycles. The molecule has 0 heterocycles. The topological polar surface area (TPSA) is 75.7 Å². The van der Waals surface area contributed by atoms with Gasteiger partial charge in [-0.2, -0.15) is 12.7 Å². The summed E-state index contributed by atoms with van der Waals surface area (Å²) in [6, 6.07) is 16.4. The van der Waals surface area contributed by atoms with Crippen molar-refractivity contribution in [2.45, 2.75) is 26.4 Å². The molecule has 24 heavy (non-hydrogen) atoms. The normalized spacial score (nSPS) is 11.6. The van der Waals surface area contributed by atoms with Gasteiger partial charge in [0.25, 0.3) is 0 Å². The largest absolute Gasteiger partial charge is 0.443 e. The number of hydrogen-bond acceptors (Lipinski definition) is 4. The predicted octanol–water partition coefficient (Wildman–Crippen LogP) is 3.79. The fourth-order valence-electron chi connectivity index (χ4n) is 1.91. The molecule has 0 aromatic heterocycles. The Kier molecular flexibility index (Phi) is 5.14. The summed E-state index contributed by atoms with van der Waals surface area (Å²) in [5, 5.41) is 0. The average molecular weight is 348 g/mol. The van der Waals surface area contributed by atoms with E-state index in [1.807, 2.05) is 0 Å². The molecule has 0 spiro atoms. The van der Waals surface area contributed by atoms with E-state index in [1.54, 1.807) is 69.3 Å². The number of carbonyl (C=O) groups is 1. The summed E-state index contributed by atoms with van der Waals surface area (Å²) in [6.45, 7) is 5.02. The first kappa shape index (κ1) is 17.8. The van der Waals surface area contributed by atoms with E-state index in [-0.39, 0.29) is 5.69 Å². The van der Waals surface area contributed by atoms with E-state index in [0.717, 1.165) is 0 Å². The first-order valence-electron chi connectivity index (χ1n) is 7.35. The first-order chi connectivity index (χ1) is 11.2. The maximum atomic E-state index is 12.7. The van der Waals surface area contributed by atoms with Crippen LogP contribution in [0.1, 0.15) is 20.8 Å². The number of nitrogens with one attached hydrogen (secondary N) is 1. The van der Waals surface area contributed by atoms with E-state index in [4.69, 9.17) is 4.74 Å². The Balaban J connectivity index is 2.40. The van der Waals surface area contributed by atoms with Gasteiger partial charge in [0.05, 0.1) is 11.4 Å². The molecule has 0 bridgehead atoms. The molecule has 0 atom stereocenters. The smallest absolute Gasteiger partial charge is 0.430 e. The fourth-order valence-corrected chi connectivity index (χ4v) is 3.07. The second kappa shape index (κ2) is 6.92. The van der Waals surface area contributed by atoms with Crippen LogP contribution in [0.4, 0.5) is 16.2 Å². The van der Waals surface area contributed by atoms with Gasteiger partial charge in [-0.15, -0.1) is 0 Å². The van der Waals surface area contributed by atoms with E-state index >= 15 is 0 Å². The van der Waals surface area contributed by atoms with Crippen LogP contribution in [-0.2, 0) is 14.9 Å². The van der Waals surface area contributed by atoms with Crippen LogP contribution in [0.3, 0.4) is 0 Å². The molecule has 1 N–H and O–H groups in total. The van der Waals surface area contributed by atoms with Crippen LogP contribution in [0, 0.1) is 0 Å². The van der Waals surface area contributed by atoms with Gasteiger partial charge in [-0.25, -0.2) is 4.79 Å². The monoisotopic (exact) mass is 348 g/mol. The summed E-state index contributed by atoms with van der Waals surface area (Å²) in [5.41, 5.74) is -0.288. The molecule has 0 unspecified atom stereocenters. The summed E-state index contributed by atoms with van der Waals surface area (Å²) in [7, 11) is -4.19. The van der Waals surface area contributed by atoms with Crippen LogP contribution in [-0.4, -0.2) is 20.1 Å². The lowest BCUT2D eigenvalue weighted by molar-refractivity contribution is 0.0609. The number of nitrogens with zero attached hydrogens (tertiary/aromatic N) is 1. The van der Waals surface area contributed by atoms with Gasteiger partial charge in [-0.1, -0.05) is 36.4 Å². The van der Waals surface area contributed by atoms with Crippen molar-refractivity contribution < 1.29 is 17.9 Å². The van der Waals surface area contributed by atoms with Gasteiger partial charge in [0.1, 0.15) is 5.60 Å². The molecule has 2 aromatic carbocycles. The maximum absolute atomic E-state index is 12.7. The lowest BCUT2D eigenvalue weighted by Gasteiger charge is -2.27. The van der Waals surface area contributed by atoms with Crippen LogP contribution in [0.15, 0.2) is 60.7 Å². The van der Waals surface area contributed by atoms with Crippen molar-refractivity contribution in [2.75, 3.05) is 9.03 Å². The fraction of sp³-hybridized carbons (Fsp3) is 0.235. The molecule has 2 aromatic rings. The number of benzene rings is 2. The highest BCUT2D eigenvalue weighted by atomic mass is 32.2. The van der Waals surface area contributed by atoms with E-state index < -0.39 is 21.9 Å². The zero-order valence-corrected chi connectivity index (χ0v) is 14.6. The molecule has 0 aliphatic heterocycles. The third kappa shape index (κ3) is 4.73. The molecule has 6 nitrogen and oxygen atoms in total. The van der Waals surface area contributed by atoms with Gasteiger partial charge < -0.3 is 4.74 Å². The van der Waals surface area contributed by atoms with Gasteiger partial charge in [0.15, 0.2) is 0 Å². The zero-order chi connectivity index (χ0) is 17.8. The minimum Gasteiger partial charge on any atom is -0.443 e. The van der Waals surface area contributed by atoms with Gasteiger partial charge in [-0.3, -0.25) is 4.72 Å². The van der Waals surface area contributed by atoms with Crippen LogP contribution in [0.25, 0.3) is 0 Å². The van der Waals surface area contributed by atoms with Gasteiger partial charge in [0.2, 0.25) is 0 Å².